The Hall–Kier alpha value is -2.78. The summed E-state index contributed by atoms with van der Waals surface area (Å²) in [5.41, 5.74) is 14.0. The van der Waals surface area contributed by atoms with E-state index in [1.165, 1.54) is 4.90 Å². The van der Waals surface area contributed by atoms with Crippen molar-refractivity contribution in [3.8, 4) is 11.4 Å². The number of rotatable bonds is 4. The fraction of sp³-hybridized carbons (Fsp3) is 0.0667. The first kappa shape index (κ1) is 16.1. The molecule has 0 unspecified atom stereocenters. The molecule has 0 bridgehead atoms. The Morgan fingerprint density at radius 1 is 1.21 bits per heavy atom. The van der Waals surface area contributed by atoms with Crippen molar-refractivity contribution in [3.63, 3.8) is 0 Å². The van der Waals surface area contributed by atoms with E-state index in [0.717, 1.165) is 10.0 Å². The number of nitrogens with one attached hydrogen (secondary N) is 1. The molecule has 1 heterocycles. The predicted octanol–water partition coefficient (Wildman–Crippen LogP) is 2.30. The molecule has 3 aromatic rings. The van der Waals surface area contributed by atoms with Gasteiger partial charge in [0.2, 0.25) is 5.82 Å². The highest BCUT2D eigenvalue weighted by Gasteiger charge is 2.21. The van der Waals surface area contributed by atoms with Crippen molar-refractivity contribution in [2.75, 3.05) is 4.90 Å². The Labute approximate surface area is 146 Å². The number of tetrazole rings is 1. The van der Waals surface area contributed by atoms with Crippen molar-refractivity contribution in [3.05, 3.63) is 52.5 Å². The van der Waals surface area contributed by atoms with Gasteiger partial charge in [-0.25, -0.2) is 4.79 Å². The van der Waals surface area contributed by atoms with E-state index in [1.807, 2.05) is 18.2 Å². The molecule has 122 valence electrons. The second-order valence-electron chi connectivity index (χ2n) is 4.94. The fourth-order valence-electron chi connectivity index (χ4n) is 2.32. The summed E-state index contributed by atoms with van der Waals surface area (Å²) in [5, 5.41) is 13.9. The van der Waals surface area contributed by atoms with E-state index in [4.69, 9.17) is 11.5 Å². The van der Waals surface area contributed by atoms with Gasteiger partial charge in [-0.2, -0.15) is 5.21 Å². The minimum absolute atomic E-state index is 0.358. The van der Waals surface area contributed by atoms with E-state index in [9.17, 15) is 4.79 Å². The summed E-state index contributed by atoms with van der Waals surface area (Å²) in [6, 6.07) is 12.0. The van der Waals surface area contributed by atoms with E-state index in [1.54, 1.807) is 24.3 Å². The lowest BCUT2D eigenvalue weighted by Gasteiger charge is -2.23. The Morgan fingerprint density at radius 3 is 2.54 bits per heavy atom. The van der Waals surface area contributed by atoms with Crippen LogP contribution in [0.3, 0.4) is 0 Å². The number of halogens is 1. The van der Waals surface area contributed by atoms with Gasteiger partial charge in [-0.1, -0.05) is 28.1 Å². The second-order valence-corrected chi connectivity index (χ2v) is 5.86. The SMILES string of the molecule is NCc1ccc(N(C(N)=O)c2ccc(Br)cc2-c2nn[nH]n2)cc1. The van der Waals surface area contributed by atoms with Gasteiger partial charge in [-0.05, 0) is 41.1 Å². The lowest BCUT2D eigenvalue weighted by Crippen LogP contribution is -2.31. The van der Waals surface area contributed by atoms with Crippen LogP contribution in [0.15, 0.2) is 46.9 Å². The molecule has 0 saturated carbocycles. The molecule has 2 aromatic carbocycles. The number of nitrogens with two attached hydrogens (primary N) is 2. The number of aromatic amines is 1. The number of primary amides is 1. The van der Waals surface area contributed by atoms with Crippen LogP contribution in [0.4, 0.5) is 16.2 Å². The topological polar surface area (TPSA) is 127 Å². The van der Waals surface area contributed by atoms with Crippen molar-refractivity contribution >= 4 is 33.3 Å². The van der Waals surface area contributed by atoms with Crippen LogP contribution < -0.4 is 16.4 Å². The maximum absolute atomic E-state index is 12.1. The molecule has 1 aromatic heterocycles. The van der Waals surface area contributed by atoms with Crippen LogP contribution in [0.25, 0.3) is 11.4 Å². The van der Waals surface area contributed by atoms with Crippen LogP contribution in [-0.2, 0) is 6.54 Å². The lowest BCUT2D eigenvalue weighted by atomic mass is 10.1. The summed E-state index contributed by atoms with van der Waals surface area (Å²) in [7, 11) is 0. The first-order valence-corrected chi connectivity index (χ1v) is 7.81. The Bertz CT molecular complexity index is 849. The van der Waals surface area contributed by atoms with Gasteiger partial charge in [-0.3, -0.25) is 4.90 Å². The van der Waals surface area contributed by atoms with E-state index in [-0.39, 0.29) is 0 Å². The number of anilines is 2. The molecule has 0 spiro atoms. The average molecular weight is 388 g/mol. The van der Waals surface area contributed by atoms with Gasteiger partial charge in [0.05, 0.1) is 11.4 Å². The molecule has 5 N–H and O–H groups in total. The zero-order chi connectivity index (χ0) is 17.1. The molecule has 8 nitrogen and oxygen atoms in total. The molecule has 24 heavy (non-hydrogen) atoms. The van der Waals surface area contributed by atoms with E-state index >= 15 is 0 Å². The zero-order valence-electron chi connectivity index (χ0n) is 12.5. The van der Waals surface area contributed by atoms with Gasteiger partial charge < -0.3 is 11.5 Å². The lowest BCUT2D eigenvalue weighted by molar-refractivity contribution is 0.256. The number of aromatic nitrogens is 4. The predicted molar refractivity (Wildman–Crippen MR) is 93.4 cm³/mol. The maximum Gasteiger partial charge on any atom is 0.323 e. The summed E-state index contributed by atoms with van der Waals surface area (Å²) in [6.07, 6.45) is 0. The number of carbonyl (C=O) groups excluding carboxylic acids is 1. The number of hydrogen-bond donors (Lipinski definition) is 3. The van der Waals surface area contributed by atoms with Gasteiger partial charge in [0.15, 0.2) is 0 Å². The van der Waals surface area contributed by atoms with Crippen molar-refractivity contribution in [2.24, 2.45) is 11.5 Å². The van der Waals surface area contributed by atoms with Gasteiger partial charge >= 0.3 is 6.03 Å². The van der Waals surface area contributed by atoms with Gasteiger partial charge in [0.1, 0.15) is 0 Å². The standard InChI is InChI=1S/C15H14BrN7O/c16-10-3-6-13(12(7-10)14-19-21-22-20-14)23(15(18)24)11-4-1-9(8-17)2-5-11/h1-7H,8,17H2,(H2,18,24)(H,19,20,21,22). The van der Waals surface area contributed by atoms with Gasteiger partial charge in [-0.15, -0.1) is 10.2 Å². The van der Waals surface area contributed by atoms with E-state index in [0.29, 0.717) is 29.3 Å². The number of nitrogens with zero attached hydrogens (tertiary/aromatic N) is 4. The molecule has 0 aliphatic heterocycles. The maximum atomic E-state index is 12.1. The molecule has 0 radical (unpaired) electrons. The van der Waals surface area contributed by atoms with Crippen LogP contribution in [0.1, 0.15) is 5.56 Å². The van der Waals surface area contributed by atoms with Crippen molar-refractivity contribution in [1.82, 2.24) is 20.6 Å². The third kappa shape index (κ3) is 3.12. The van der Waals surface area contributed by atoms with Crippen LogP contribution in [-0.4, -0.2) is 26.7 Å². The van der Waals surface area contributed by atoms with Gasteiger partial charge in [0, 0.05) is 16.6 Å². The Balaban J connectivity index is 2.14. The minimum atomic E-state index is -0.623. The molecular weight excluding hydrogens is 374 g/mol. The van der Waals surface area contributed by atoms with E-state index in [2.05, 4.69) is 36.6 Å². The zero-order valence-corrected chi connectivity index (χ0v) is 14.1. The molecule has 0 fully saturated rings. The monoisotopic (exact) mass is 387 g/mol. The summed E-state index contributed by atoms with van der Waals surface area (Å²) in [5.74, 6) is 0.358. The van der Waals surface area contributed by atoms with Crippen LogP contribution in [0, 0.1) is 0 Å². The number of urea groups is 1. The first-order valence-electron chi connectivity index (χ1n) is 7.02. The highest BCUT2D eigenvalue weighted by atomic mass is 79.9. The number of amides is 2. The third-order valence-corrected chi connectivity index (χ3v) is 3.93. The number of H-pyrrole nitrogens is 1. The summed E-state index contributed by atoms with van der Waals surface area (Å²) in [6.45, 7) is 0.420. The molecule has 2 amide bonds. The quantitative estimate of drug-likeness (QED) is 0.632. The molecule has 0 aliphatic carbocycles. The Kier molecular flexibility index (Phi) is 4.54. The highest BCUT2D eigenvalue weighted by Crippen LogP contribution is 2.35. The molecular formula is C15H14BrN7O. The largest absolute Gasteiger partial charge is 0.351 e. The summed E-state index contributed by atoms with van der Waals surface area (Å²) in [4.78, 5) is 13.5. The summed E-state index contributed by atoms with van der Waals surface area (Å²) >= 11 is 3.41. The summed E-state index contributed by atoms with van der Waals surface area (Å²) < 4.78 is 0.814. The second kappa shape index (κ2) is 6.77. The number of hydrogen-bond acceptors (Lipinski definition) is 5. The highest BCUT2D eigenvalue weighted by molar-refractivity contribution is 9.10. The van der Waals surface area contributed by atoms with Crippen LogP contribution in [0.2, 0.25) is 0 Å². The molecule has 9 heteroatoms. The fourth-order valence-corrected chi connectivity index (χ4v) is 2.69. The third-order valence-electron chi connectivity index (χ3n) is 3.44. The molecule has 0 atom stereocenters. The molecule has 3 rings (SSSR count). The number of benzene rings is 2. The molecule has 0 saturated heterocycles. The smallest absolute Gasteiger partial charge is 0.323 e. The average Bonchev–Trinajstić information content (AvgIpc) is 3.11. The molecule has 0 aliphatic rings. The number of carbonyl (C=O) groups is 1. The normalized spacial score (nSPS) is 10.6. The van der Waals surface area contributed by atoms with E-state index < -0.39 is 6.03 Å². The van der Waals surface area contributed by atoms with Crippen molar-refractivity contribution in [2.45, 2.75) is 6.54 Å². The minimum Gasteiger partial charge on any atom is -0.351 e. The van der Waals surface area contributed by atoms with Gasteiger partial charge in [0.25, 0.3) is 0 Å². The Morgan fingerprint density at radius 2 is 1.96 bits per heavy atom. The van der Waals surface area contributed by atoms with Crippen LogP contribution >= 0.6 is 15.9 Å². The first-order chi connectivity index (χ1) is 11.6. The van der Waals surface area contributed by atoms with Crippen LogP contribution in [0.5, 0.6) is 0 Å². The van der Waals surface area contributed by atoms with Crippen molar-refractivity contribution < 1.29 is 4.79 Å². The van der Waals surface area contributed by atoms with Crippen molar-refractivity contribution in [1.29, 1.82) is 0 Å².